The van der Waals surface area contributed by atoms with Crippen molar-refractivity contribution in [2.24, 2.45) is 11.8 Å². The molecule has 1 fully saturated rings. The van der Waals surface area contributed by atoms with E-state index >= 15 is 0 Å². The number of ether oxygens (including phenoxy) is 1. The van der Waals surface area contributed by atoms with Gasteiger partial charge in [0.1, 0.15) is 0 Å². The second-order valence-corrected chi connectivity index (χ2v) is 7.91. The molecular weight excluding hydrogens is 392 g/mol. The van der Waals surface area contributed by atoms with Crippen molar-refractivity contribution in [3.63, 3.8) is 0 Å². The molecule has 2 aromatic carbocycles. The lowest BCUT2D eigenvalue weighted by Crippen LogP contribution is -2.22. The molecule has 3 rings (SSSR count). The molecular formula is C18H20Br2O. The Morgan fingerprint density at radius 2 is 1.62 bits per heavy atom. The topological polar surface area (TPSA) is 9.23 Å². The van der Waals surface area contributed by atoms with Crippen molar-refractivity contribution in [1.82, 2.24) is 0 Å². The second kappa shape index (κ2) is 6.02. The maximum absolute atomic E-state index is 6.03. The highest BCUT2D eigenvalue weighted by atomic mass is 79.9. The average molecular weight is 412 g/mol. The van der Waals surface area contributed by atoms with Gasteiger partial charge in [0.25, 0.3) is 0 Å². The second-order valence-electron chi connectivity index (χ2n) is 6.07. The van der Waals surface area contributed by atoms with E-state index in [-0.39, 0.29) is 6.10 Å². The molecule has 0 amide bonds. The molecule has 0 bridgehead atoms. The van der Waals surface area contributed by atoms with Crippen LogP contribution < -0.4 is 0 Å². The van der Waals surface area contributed by atoms with Crippen LogP contribution in [0, 0.1) is 11.8 Å². The minimum absolute atomic E-state index is 0.279. The van der Waals surface area contributed by atoms with Gasteiger partial charge in [0.05, 0.1) is 12.2 Å². The maximum Gasteiger partial charge on any atom is 0.0596 e. The van der Waals surface area contributed by atoms with Crippen molar-refractivity contribution in [1.29, 1.82) is 0 Å². The van der Waals surface area contributed by atoms with Crippen LogP contribution in [0.15, 0.2) is 40.9 Å². The van der Waals surface area contributed by atoms with Crippen molar-refractivity contribution in [2.45, 2.75) is 37.8 Å². The third kappa shape index (κ3) is 2.69. The summed E-state index contributed by atoms with van der Waals surface area (Å²) < 4.78 is 7.18. The molecule has 0 saturated carbocycles. The molecule has 1 saturated heterocycles. The molecule has 5 atom stereocenters. The Balaban J connectivity index is 2.06. The van der Waals surface area contributed by atoms with E-state index in [1.165, 1.54) is 16.3 Å². The summed E-state index contributed by atoms with van der Waals surface area (Å²) in [5.74, 6) is 1.04. The smallest absolute Gasteiger partial charge is 0.0596 e. The number of benzene rings is 2. The Labute approximate surface area is 143 Å². The molecule has 0 radical (unpaired) electrons. The van der Waals surface area contributed by atoms with Crippen LogP contribution in [0.5, 0.6) is 0 Å². The molecule has 1 heterocycles. The summed E-state index contributed by atoms with van der Waals surface area (Å²) >= 11 is 7.63. The van der Waals surface area contributed by atoms with Crippen LogP contribution in [-0.4, -0.2) is 12.2 Å². The van der Waals surface area contributed by atoms with Gasteiger partial charge in [0, 0.05) is 15.2 Å². The van der Waals surface area contributed by atoms with Crippen LogP contribution in [0.4, 0.5) is 0 Å². The standard InChI is InChI=1S/C18H20Br2O/c1-10-11(2)21-12(3)17(10)18(20)15-8-9-16(19)14-7-5-4-6-13(14)15/h4-12,17-18H,1-3H3. The maximum atomic E-state index is 6.03. The highest BCUT2D eigenvalue weighted by Gasteiger charge is 2.41. The summed E-state index contributed by atoms with van der Waals surface area (Å²) in [6.07, 6.45) is 0.605. The molecule has 2 aromatic rings. The highest BCUT2D eigenvalue weighted by Crippen LogP contribution is 2.47. The quantitative estimate of drug-likeness (QED) is 0.542. The molecule has 0 aliphatic carbocycles. The molecule has 1 aliphatic rings. The van der Waals surface area contributed by atoms with Crippen LogP contribution in [0.3, 0.4) is 0 Å². The van der Waals surface area contributed by atoms with Gasteiger partial charge in [-0.1, -0.05) is 69.1 Å². The molecule has 0 spiro atoms. The van der Waals surface area contributed by atoms with E-state index < -0.39 is 0 Å². The Kier molecular flexibility index (Phi) is 4.45. The summed E-state index contributed by atoms with van der Waals surface area (Å²) in [7, 11) is 0. The van der Waals surface area contributed by atoms with Crippen molar-refractivity contribution >= 4 is 42.6 Å². The molecule has 3 heteroatoms. The number of halogens is 2. The summed E-state index contributed by atoms with van der Waals surface area (Å²) in [5, 5.41) is 2.58. The first-order chi connectivity index (χ1) is 10.0. The molecule has 5 unspecified atom stereocenters. The molecule has 1 aliphatic heterocycles. The fourth-order valence-electron chi connectivity index (χ4n) is 3.53. The predicted octanol–water partition coefficient (Wildman–Crippen LogP) is 6.10. The number of fused-ring (bicyclic) bond motifs is 1. The van der Waals surface area contributed by atoms with Gasteiger partial charge < -0.3 is 4.74 Å². The third-order valence-electron chi connectivity index (χ3n) is 4.86. The van der Waals surface area contributed by atoms with E-state index in [1.54, 1.807) is 0 Å². The fourth-order valence-corrected chi connectivity index (χ4v) is 5.32. The first-order valence-electron chi connectivity index (χ1n) is 7.47. The molecule has 21 heavy (non-hydrogen) atoms. The van der Waals surface area contributed by atoms with Crippen molar-refractivity contribution < 1.29 is 4.74 Å². The summed E-state index contributed by atoms with van der Waals surface area (Å²) in [5.41, 5.74) is 1.36. The van der Waals surface area contributed by atoms with Crippen LogP contribution in [0.1, 0.15) is 31.2 Å². The van der Waals surface area contributed by atoms with Crippen molar-refractivity contribution in [2.75, 3.05) is 0 Å². The van der Waals surface area contributed by atoms with Gasteiger partial charge in [-0.2, -0.15) is 0 Å². The van der Waals surface area contributed by atoms with Gasteiger partial charge in [-0.3, -0.25) is 0 Å². The third-order valence-corrected chi connectivity index (χ3v) is 6.65. The lowest BCUT2D eigenvalue weighted by atomic mass is 9.83. The van der Waals surface area contributed by atoms with Crippen LogP contribution in [0.25, 0.3) is 10.8 Å². The van der Waals surface area contributed by atoms with Crippen LogP contribution in [0.2, 0.25) is 0 Å². The van der Waals surface area contributed by atoms with Gasteiger partial charge in [-0.25, -0.2) is 0 Å². The molecule has 112 valence electrons. The number of hydrogen-bond donors (Lipinski definition) is 0. The lowest BCUT2D eigenvalue weighted by Gasteiger charge is -2.26. The van der Waals surface area contributed by atoms with E-state index in [0.717, 1.165) is 4.47 Å². The summed E-state index contributed by atoms with van der Waals surface area (Å²) in [6, 6.07) is 13.0. The Bertz CT molecular complexity index is 655. The first kappa shape index (κ1) is 15.5. The van der Waals surface area contributed by atoms with Gasteiger partial charge in [0.15, 0.2) is 0 Å². The predicted molar refractivity (Wildman–Crippen MR) is 96.0 cm³/mol. The Morgan fingerprint density at radius 1 is 0.952 bits per heavy atom. The Morgan fingerprint density at radius 3 is 2.24 bits per heavy atom. The number of hydrogen-bond acceptors (Lipinski definition) is 1. The van der Waals surface area contributed by atoms with Crippen LogP contribution >= 0.6 is 31.9 Å². The van der Waals surface area contributed by atoms with Gasteiger partial charge >= 0.3 is 0 Å². The zero-order valence-electron chi connectivity index (χ0n) is 12.5. The molecule has 1 nitrogen and oxygen atoms in total. The lowest BCUT2D eigenvalue weighted by molar-refractivity contribution is 0.0511. The zero-order chi connectivity index (χ0) is 15.1. The summed E-state index contributed by atoms with van der Waals surface area (Å²) in [4.78, 5) is 0.311. The van der Waals surface area contributed by atoms with Crippen molar-refractivity contribution in [3.05, 3.63) is 46.4 Å². The van der Waals surface area contributed by atoms with Gasteiger partial charge in [0.2, 0.25) is 0 Å². The average Bonchev–Trinajstić information content (AvgIpc) is 2.72. The molecule has 0 aromatic heterocycles. The molecule has 0 N–H and O–H groups in total. The highest BCUT2D eigenvalue weighted by molar-refractivity contribution is 9.10. The Hall–Kier alpha value is -0.380. The number of rotatable bonds is 2. The van der Waals surface area contributed by atoms with Crippen LogP contribution in [-0.2, 0) is 4.74 Å². The number of alkyl halides is 1. The van der Waals surface area contributed by atoms with E-state index in [0.29, 0.717) is 22.8 Å². The van der Waals surface area contributed by atoms with E-state index in [4.69, 9.17) is 4.74 Å². The zero-order valence-corrected chi connectivity index (χ0v) is 15.7. The van der Waals surface area contributed by atoms with E-state index in [1.807, 2.05) is 0 Å². The van der Waals surface area contributed by atoms with E-state index in [2.05, 4.69) is 89.0 Å². The minimum Gasteiger partial charge on any atom is -0.375 e. The normalized spacial score (nSPS) is 30.7. The fraction of sp³-hybridized carbons (Fsp3) is 0.444. The van der Waals surface area contributed by atoms with Crippen molar-refractivity contribution in [3.8, 4) is 0 Å². The van der Waals surface area contributed by atoms with Gasteiger partial charge in [-0.15, -0.1) is 0 Å². The monoisotopic (exact) mass is 410 g/mol. The van der Waals surface area contributed by atoms with Gasteiger partial charge in [-0.05, 0) is 42.2 Å². The largest absolute Gasteiger partial charge is 0.375 e. The minimum atomic E-state index is 0.279. The summed E-state index contributed by atoms with van der Waals surface area (Å²) in [6.45, 7) is 6.68. The SMILES string of the molecule is CC1OC(C)C(C(Br)c2ccc(Br)c3ccccc23)C1C. The first-order valence-corrected chi connectivity index (χ1v) is 9.18. The van der Waals surface area contributed by atoms with E-state index in [9.17, 15) is 0 Å².